The van der Waals surface area contributed by atoms with Gasteiger partial charge in [-0.05, 0) is 29.7 Å². The molecule has 19 heavy (non-hydrogen) atoms. The second kappa shape index (κ2) is 5.24. The van der Waals surface area contributed by atoms with E-state index in [1.165, 1.54) is 0 Å². The van der Waals surface area contributed by atoms with Crippen LogP contribution in [0.15, 0.2) is 53.5 Å². The third kappa shape index (κ3) is 2.51. The van der Waals surface area contributed by atoms with Crippen molar-refractivity contribution in [3.8, 4) is 5.75 Å². The molecule has 0 spiro atoms. The van der Waals surface area contributed by atoms with Crippen molar-refractivity contribution in [2.24, 2.45) is 4.99 Å². The van der Waals surface area contributed by atoms with Crippen molar-refractivity contribution in [1.29, 1.82) is 0 Å². The lowest BCUT2D eigenvalue weighted by atomic mass is 10.1. The normalized spacial score (nSPS) is 13.4. The molecular formula is C16H15NO2. The van der Waals surface area contributed by atoms with Gasteiger partial charge >= 0.3 is 0 Å². The molecule has 0 saturated heterocycles. The van der Waals surface area contributed by atoms with Crippen LogP contribution in [0.4, 0.5) is 5.69 Å². The van der Waals surface area contributed by atoms with Crippen molar-refractivity contribution >= 4 is 11.4 Å². The first kappa shape index (κ1) is 11.9. The Balaban J connectivity index is 1.89. The lowest BCUT2D eigenvalue weighted by molar-refractivity contribution is 0.299. The van der Waals surface area contributed by atoms with Crippen molar-refractivity contribution in [3.63, 3.8) is 0 Å². The summed E-state index contributed by atoms with van der Waals surface area (Å²) in [6.45, 7) is 0.674. The van der Waals surface area contributed by atoms with E-state index in [9.17, 15) is 0 Å². The minimum atomic E-state index is 0.177. The second-order valence-corrected chi connectivity index (χ2v) is 4.49. The number of para-hydroxylation sites is 2. The van der Waals surface area contributed by atoms with E-state index in [4.69, 9.17) is 9.84 Å². The maximum absolute atomic E-state index is 8.90. The Morgan fingerprint density at radius 1 is 1.05 bits per heavy atom. The fourth-order valence-corrected chi connectivity index (χ4v) is 2.14. The number of hydrogen-bond acceptors (Lipinski definition) is 3. The summed E-state index contributed by atoms with van der Waals surface area (Å²) in [5.74, 6) is 0.836. The van der Waals surface area contributed by atoms with E-state index in [0.717, 1.165) is 28.3 Å². The van der Waals surface area contributed by atoms with Crippen LogP contribution in [0.25, 0.3) is 0 Å². The molecule has 0 saturated carbocycles. The van der Waals surface area contributed by atoms with Gasteiger partial charge < -0.3 is 9.84 Å². The SMILES string of the molecule is OCCc1ccc(C2=Nc3ccccc3OC2)cc1. The summed E-state index contributed by atoms with van der Waals surface area (Å²) in [6.07, 6.45) is 0.687. The number of fused-ring (bicyclic) bond motifs is 1. The molecule has 0 aromatic heterocycles. The first-order valence-corrected chi connectivity index (χ1v) is 6.36. The molecule has 1 N–H and O–H groups in total. The van der Waals surface area contributed by atoms with Gasteiger partial charge in [-0.15, -0.1) is 0 Å². The van der Waals surface area contributed by atoms with Gasteiger partial charge in [0.25, 0.3) is 0 Å². The molecule has 3 rings (SSSR count). The Morgan fingerprint density at radius 2 is 1.84 bits per heavy atom. The van der Waals surface area contributed by atoms with Gasteiger partial charge in [-0.3, -0.25) is 0 Å². The number of aliphatic imine (C=N–C) groups is 1. The average Bonchev–Trinajstić information content (AvgIpc) is 2.48. The Bertz CT molecular complexity index is 602. The highest BCUT2D eigenvalue weighted by atomic mass is 16.5. The summed E-state index contributed by atoms with van der Waals surface area (Å²) in [5.41, 5.74) is 4.01. The van der Waals surface area contributed by atoms with E-state index in [-0.39, 0.29) is 6.61 Å². The molecule has 0 unspecified atom stereocenters. The highest BCUT2D eigenvalue weighted by Gasteiger charge is 2.13. The summed E-state index contributed by atoms with van der Waals surface area (Å²) in [4.78, 5) is 4.63. The highest BCUT2D eigenvalue weighted by Crippen LogP contribution is 2.30. The van der Waals surface area contributed by atoms with Gasteiger partial charge in [-0.2, -0.15) is 0 Å². The number of benzene rings is 2. The molecule has 1 aliphatic heterocycles. The smallest absolute Gasteiger partial charge is 0.145 e. The number of rotatable bonds is 3. The third-order valence-electron chi connectivity index (χ3n) is 3.17. The number of ether oxygens (including phenoxy) is 1. The summed E-state index contributed by atoms with van der Waals surface area (Å²) in [5, 5.41) is 8.90. The van der Waals surface area contributed by atoms with Crippen molar-refractivity contribution in [1.82, 2.24) is 0 Å². The Labute approximate surface area is 112 Å². The molecule has 0 aliphatic carbocycles. The van der Waals surface area contributed by atoms with Gasteiger partial charge in [0.05, 0.1) is 5.71 Å². The van der Waals surface area contributed by atoms with Crippen LogP contribution in [0, 0.1) is 0 Å². The van der Waals surface area contributed by atoms with Gasteiger partial charge in [0, 0.05) is 6.61 Å². The van der Waals surface area contributed by atoms with Crippen molar-refractivity contribution in [3.05, 3.63) is 59.7 Å². The minimum Gasteiger partial charge on any atom is -0.485 e. The third-order valence-corrected chi connectivity index (χ3v) is 3.17. The van der Waals surface area contributed by atoms with Crippen LogP contribution in [0.3, 0.4) is 0 Å². The number of aliphatic hydroxyl groups excluding tert-OH is 1. The molecular weight excluding hydrogens is 238 g/mol. The topological polar surface area (TPSA) is 41.8 Å². The fourth-order valence-electron chi connectivity index (χ4n) is 2.14. The second-order valence-electron chi connectivity index (χ2n) is 4.49. The van der Waals surface area contributed by atoms with E-state index in [0.29, 0.717) is 13.0 Å². The average molecular weight is 253 g/mol. The van der Waals surface area contributed by atoms with Crippen LogP contribution >= 0.6 is 0 Å². The molecule has 3 heteroatoms. The molecule has 0 radical (unpaired) electrons. The maximum Gasteiger partial charge on any atom is 0.145 e. The summed E-state index contributed by atoms with van der Waals surface area (Å²) < 4.78 is 5.70. The summed E-state index contributed by atoms with van der Waals surface area (Å²) in [7, 11) is 0. The van der Waals surface area contributed by atoms with Crippen LogP contribution in [-0.4, -0.2) is 24.0 Å². The molecule has 96 valence electrons. The molecule has 2 aromatic rings. The molecule has 1 aliphatic rings. The number of hydrogen-bond donors (Lipinski definition) is 1. The van der Waals surface area contributed by atoms with Gasteiger partial charge in [-0.1, -0.05) is 36.4 Å². The summed E-state index contributed by atoms with van der Waals surface area (Å²) >= 11 is 0. The molecule has 0 fully saturated rings. The fraction of sp³-hybridized carbons (Fsp3) is 0.188. The minimum absolute atomic E-state index is 0.177. The molecule has 2 aromatic carbocycles. The quantitative estimate of drug-likeness (QED) is 0.913. The van der Waals surface area contributed by atoms with E-state index in [1.807, 2.05) is 48.5 Å². The van der Waals surface area contributed by atoms with E-state index < -0.39 is 0 Å². The largest absolute Gasteiger partial charge is 0.485 e. The molecule has 0 atom stereocenters. The van der Waals surface area contributed by atoms with Crippen molar-refractivity contribution < 1.29 is 9.84 Å². The van der Waals surface area contributed by atoms with Crippen LogP contribution in [0.2, 0.25) is 0 Å². The lowest BCUT2D eigenvalue weighted by Crippen LogP contribution is -2.16. The van der Waals surface area contributed by atoms with Gasteiger partial charge in [0.15, 0.2) is 0 Å². The van der Waals surface area contributed by atoms with E-state index in [1.54, 1.807) is 0 Å². The Hall–Kier alpha value is -2.13. The number of aliphatic hydroxyl groups is 1. The molecule has 0 amide bonds. The lowest BCUT2D eigenvalue weighted by Gasteiger charge is -2.17. The van der Waals surface area contributed by atoms with Crippen LogP contribution in [-0.2, 0) is 6.42 Å². The zero-order chi connectivity index (χ0) is 13.1. The van der Waals surface area contributed by atoms with Crippen LogP contribution < -0.4 is 4.74 Å². The zero-order valence-electron chi connectivity index (χ0n) is 10.5. The zero-order valence-corrected chi connectivity index (χ0v) is 10.5. The van der Waals surface area contributed by atoms with Gasteiger partial charge in [0.1, 0.15) is 18.0 Å². The van der Waals surface area contributed by atoms with Gasteiger partial charge in [0.2, 0.25) is 0 Å². The predicted molar refractivity (Wildman–Crippen MR) is 75.4 cm³/mol. The van der Waals surface area contributed by atoms with Crippen LogP contribution in [0.1, 0.15) is 11.1 Å². The monoisotopic (exact) mass is 253 g/mol. The van der Waals surface area contributed by atoms with E-state index >= 15 is 0 Å². The maximum atomic E-state index is 8.90. The summed E-state index contributed by atoms with van der Waals surface area (Å²) in [6, 6.07) is 15.9. The first-order chi connectivity index (χ1) is 9.36. The first-order valence-electron chi connectivity index (χ1n) is 6.36. The van der Waals surface area contributed by atoms with Gasteiger partial charge in [-0.25, -0.2) is 4.99 Å². The molecule has 3 nitrogen and oxygen atoms in total. The predicted octanol–water partition coefficient (Wildman–Crippen LogP) is 2.73. The molecule has 0 bridgehead atoms. The van der Waals surface area contributed by atoms with Crippen molar-refractivity contribution in [2.45, 2.75) is 6.42 Å². The van der Waals surface area contributed by atoms with Crippen molar-refractivity contribution in [2.75, 3.05) is 13.2 Å². The standard InChI is InChI=1S/C16H15NO2/c18-10-9-12-5-7-13(8-6-12)15-11-19-16-4-2-1-3-14(16)17-15/h1-8,18H,9-11H2. The van der Waals surface area contributed by atoms with E-state index in [2.05, 4.69) is 4.99 Å². The number of nitrogens with zero attached hydrogens (tertiary/aromatic N) is 1. The van der Waals surface area contributed by atoms with Crippen LogP contribution in [0.5, 0.6) is 5.75 Å². The Kier molecular flexibility index (Phi) is 3.29. The Morgan fingerprint density at radius 3 is 2.63 bits per heavy atom. The highest BCUT2D eigenvalue weighted by molar-refractivity contribution is 6.04. The molecule has 1 heterocycles.